The van der Waals surface area contributed by atoms with Gasteiger partial charge in [0.2, 0.25) is 0 Å². The molecule has 0 radical (unpaired) electrons. The van der Waals surface area contributed by atoms with Crippen molar-refractivity contribution in [2.24, 2.45) is 0 Å². The molecule has 2 aromatic rings. The van der Waals surface area contributed by atoms with Crippen LogP contribution in [0.4, 0.5) is 11.4 Å². The molecule has 1 aliphatic rings. The van der Waals surface area contributed by atoms with Gasteiger partial charge >= 0.3 is 5.97 Å². The molecule has 0 unspecified atom stereocenters. The summed E-state index contributed by atoms with van der Waals surface area (Å²) in [6.45, 7) is 3.87. The summed E-state index contributed by atoms with van der Waals surface area (Å²) in [6.07, 6.45) is 2.25. The quantitative estimate of drug-likeness (QED) is 0.544. The van der Waals surface area contributed by atoms with Gasteiger partial charge in [-0.15, -0.1) is 0 Å². The van der Waals surface area contributed by atoms with Crippen molar-refractivity contribution in [2.45, 2.75) is 19.8 Å². The highest BCUT2D eigenvalue weighted by molar-refractivity contribution is 14.1. The molecule has 0 bridgehead atoms. The molecule has 1 fully saturated rings. The largest absolute Gasteiger partial charge is 0.465 e. The van der Waals surface area contributed by atoms with Gasteiger partial charge in [-0.05, 0) is 72.2 Å². The Morgan fingerprint density at radius 2 is 1.88 bits per heavy atom. The summed E-state index contributed by atoms with van der Waals surface area (Å²) in [7, 11) is 1.35. The van der Waals surface area contributed by atoms with Crippen LogP contribution >= 0.6 is 22.6 Å². The van der Waals surface area contributed by atoms with Crippen LogP contribution in [0.3, 0.4) is 0 Å². The Balaban J connectivity index is 1.96. The van der Waals surface area contributed by atoms with Crippen molar-refractivity contribution in [3.05, 3.63) is 56.7 Å². The Bertz CT molecular complexity index is 845. The Morgan fingerprint density at radius 1 is 1.15 bits per heavy atom. The second-order valence-corrected chi connectivity index (χ2v) is 7.39. The highest BCUT2D eigenvalue weighted by Gasteiger charge is 2.20. The lowest BCUT2D eigenvalue weighted by molar-refractivity contribution is 0.0600. The normalized spacial score (nSPS) is 13.6. The van der Waals surface area contributed by atoms with Gasteiger partial charge in [-0.3, -0.25) is 4.79 Å². The SMILES string of the molecule is COC(=O)c1ccc(N2CCCC2)c(NC(=O)c2cccc(C)c2I)c1. The number of carbonyl (C=O) groups excluding carboxylic acids is 2. The number of benzene rings is 2. The lowest BCUT2D eigenvalue weighted by Gasteiger charge is -2.22. The van der Waals surface area contributed by atoms with Gasteiger partial charge < -0.3 is 15.0 Å². The van der Waals surface area contributed by atoms with E-state index in [4.69, 9.17) is 4.74 Å². The van der Waals surface area contributed by atoms with Crippen LogP contribution in [0.1, 0.15) is 39.1 Å². The molecule has 1 saturated heterocycles. The van der Waals surface area contributed by atoms with E-state index in [1.807, 2.05) is 31.2 Å². The summed E-state index contributed by atoms with van der Waals surface area (Å²) >= 11 is 2.19. The number of anilines is 2. The Kier molecular flexibility index (Phi) is 5.80. The van der Waals surface area contributed by atoms with Crippen LogP contribution in [-0.4, -0.2) is 32.1 Å². The summed E-state index contributed by atoms with van der Waals surface area (Å²) in [5, 5.41) is 3.00. The van der Waals surface area contributed by atoms with Crippen LogP contribution in [-0.2, 0) is 4.74 Å². The molecule has 136 valence electrons. The number of nitrogens with one attached hydrogen (secondary N) is 1. The predicted molar refractivity (Wildman–Crippen MR) is 111 cm³/mol. The van der Waals surface area contributed by atoms with E-state index in [1.54, 1.807) is 12.1 Å². The van der Waals surface area contributed by atoms with Crippen LogP contribution in [0.2, 0.25) is 0 Å². The maximum absolute atomic E-state index is 12.9. The standard InChI is InChI=1S/C20H21IN2O3/c1-13-6-5-7-15(18(13)21)19(24)22-16-12-14(20(25)26-2)8-9-17(16)23-10-3-4-11-23/h5-9,12H,3-4,10-11H2,1-2H3,(H,22,24). The third-order valence-corrected chi connectivity index (χ3v) is 5.98. The van der Waals surface area contributed by atoms with Crippen molar-refractivity contribution in [1.82, 2.24) is 0 Å². The Hall–Kier alpha value is -2.09. The second kappa shape index (κ2) is 8.07. The average Bonchev–Trinajstić information content (AvgIpc) is 3.17. The first-order valence-corrected chi connectivity index (χ1v) is 9.63. The van der Waals surface area contributed by atoms with E-state index in [1.165, 1.54) is 7.11 Å². The molecule has 1 N–H and O–H groups in total. The third kappa shape index (κ3) is 3.85. The minimum atomic E-state index is -0.418. The lowest BCUT2D eigenvalue weighted by Crippen LogP contribution is -2.22. The number of hydrogen-bond acceptors (Lipinski definition) is 4. The number of carbonyl (C=O) groups is 2. The van der Waals surface area contributed by atoms with Crippen LogP contribution in [0.5, 0.6) is 0 Å². The zero-order valence-electron chi connectivity index (χ0n) is 14.8. The molecule has 2 aromatic carbocycles. The molecule has 0 aliphatic carbocycles. The summed E-state index contributed by atoms with van der Waals surface area (Å²) < 4.78 is 5.74. The number of nitrogens with zero attached hydrogens (tertiary/aromatic N) is 1. The van der Waals surface area contributed by atoms with Gasteiger partial charge in [0, 0.05) is 16.7 Å². The monoisotopic (exact) mass is 464 g/mol. The molecule has 5 nitrogen and oxygen atoms in total. The Morgan fingerprint density at radius 3 is 2.58 bits per heavy atom. The van der Waals surface area contributed by atoms with Crippen LogP contribution < -0.4 is 10.2 Å². The van der Waals surface area contributed by atoms with Crippen molar-refractivity contribution in [3.8, 4) is 0 Å². The van der Waals surface area contributed by atoms with Gasteiger partial charge in [0.15, 0.2) is 0 Å². The first kappa shape index (κ1) is 18.7. The molecule has 0 saturated carbocycles. The van der Waals surface area contributed by atoms with Crippen LogP contribution in [0, 0.1) is 10.5 Å². The predicted octanol–water partition coefficient (Wildman–Crippen LogP) is 4.24. The molecule has 1 heterocycles. The summed E-state index contributed by atoms with van der Waals surface area (Å²) in [5.41, 5.74) is 3.68. The Labute approximate surface area is 166 Å². The van der Waals surface area contributed by atoms with Gasteiger partial charge in [-0.25, -0.2) is 4.79 Å². The topological polar surface area (TPSA) is 58.6 Å². The highest BCUT2D eigenvalue weighted by atomic mass is 127. The molecule has 0 spiro atoms. The number of halogens is 1. The molecule has 1 amide bonds. The molecule has 3 rings (SSSR count). The van der Waals surface area contributed by atoms with Crippen molar-refractivity contribution >= 4 is 45.8 Å². The zero-order chi connectivity index (χ0) is 18.7. The maximum Gasteiger partial charge on any atom is 0.337 e. The van der Waals surface area contributed by atoms with Gasteiger partial charge in [0.25, 0.3) is 5.91 Å². The van der Waals surface area contributed by atoms with E-state index in [0.29, 0.717) is 16.8 Å². The summed E-state index contributed by atoms with van der Waals surface area (Å²) in [6, 6.07) is 11.0. The minimum Gasteiger partial charge on any atom is -0.465 e. The van der Waals surface area contributed by atoms with Crippen molar-refractivity contribution in [3.63, 3.8) is 0 Å². The molecule has 6 heteroatoms. The van der Waals surface area contributed by atoms with Crippen molar-refractivity contribution < 1.29 is 14.3 Å². The summed E-state index contributed by atoms with van der Waals surface area (Å²) in [4.78, 5) is 27.0. The van der Waals surface area contributed by atoms with E-state index in [0.717, 1.165) is 40.8 Å². The smallest absolute Gasteiger partial charge is 0.337 e. The van der Waals surface area contributed by atoms with Gasteiger partial charge in [-0.2, -0.15) is 0 Å². The van der Waals surface area contributed by atoms with E-state index in [9.17, 15) is 9.59 Å². The lowest BCUT2D eigenvalue weighted by atomic mass is 10.1. The molecule has 0 atom stereocenters. The van der Waals surface area contributed by atoms with E-state index >= 15 is 0 Å². The molecular formula is C20H21IN2O3. The number of hydrogen-bond donors (Lipinski definition) is 1. The number of aryl methyl sites for hydroxylation is 1. The van der Waals surface area contributed by atoms with Gasteiger partial charge in [0.05, 0.1) is 29.6 Å². The van der Waals surface area contributed by atoms with Gasteiger partial charge in [0.1, 0.15) is 0 Å². The number of amides is 1. The zero-order valence-corrected chi connectivity index (χ0v) is 17.0. The van der Waals surface area contributed by atoms with Crippen LogP contribution in [0.15, 0.2) is 36.4 Å². The number of ether oxygens (including phenoxy) is 1. The molecular weight excluding hydrogens is 443 g/mol. The number of esters is 1. The first-order chi connectivity index (χ1) is 12.5. The number of methoxy groups -OCH3 is 1. The number of rotatable bonds is 4. The fraction of sp³-hybridized carbons (Fsp3) is 0.300. The summed E-state index contributed by atoms with van der Waals surface area (Å²) in [5.74, 6) is -0.598. The van der Waals surface area contributed by atoms with Gasteiger partial charge in [-0.1, -0.05) is 12.1 Å². The maximum atomic E-state index is 12.9. The van der Waals surface area contributed by atoms with Crippen molar-refractivity contribution in [2.75, 3.05) is 30.4 Å². The fourth-order valence-corrected chi connectivity index (χ4v) is 3.73. The van der Waals surface area contributed by atoms with E-state index in [-0.39, 0.29) is 5.91 Å². The minimum absolute atomic E-state index is 0.180. The average molecular weight is 464 g/mol. The third-order valence-electron chi connectivity index (χ3n) is 4.55. The second-order valence-electron chi connectivity index (χ2n) is 6.31. The van der Waals surface area contributed by atoms with Crippen molar-refractivity contribution in [1.29, 1.82) is 0 Å². The first-order valence-electron chi connectivity index (χ1n) is 8.55. The van der Waals surface area contributed by atoms with E-state index < -0.39 is 5.97 Å². The van der Waals surface area contributed by atoms with E-state index in [2.05, 4.69) is 32.8 Å². The molecule has 0 aromatic heterocycles. The van der Waals surface area contributed by atoms with Crippen LogP contribution in [0.25, 0.3) is 0 Å². The highest BCUT2D eigenvalue weighted by Crippen LogP contribution is 2.31. The fourth-order valence-electron chi connectivity index (χ4n) is 3.13. The molecule has 26 heavy (non-hydrogen) atoms. The molecule has 1 aliphatic heterocycles.